The third kappa shape index (κ3) is 3.39. The molecule has 0 aliphatic rings. The average Bonchev–Trinajstić information content (AvgIpc) is 2.54. The van der Waals surface area contributed by atoms with Gasteiger partial charge < -0.3 is 14.8 Å². The molecule has 4 nitrogen and oxygen atoms in total. The molecular formula is C18H21NO3. The molecule has 1 amide bonds. The van der Waals surface area contributed by atoms with E-state index in [0.717, 1.165) is 5.56 Å². The third-order valence-electron chi connectivity index (χ3n) is 3.58. The first-order valence-corrected chi connectivity index (χ1v) is 7.15. The number of ether oxygens (including phenoxy) is 2. The molecule has 1 N–H and O–H groups in total. The Morgan fingerprint density at radius 3 is 2.05 bits per heavy atom. The monoisotopic (exact) mass is 299 g/mol. The van der Waals surface area contributed by atoms with Gasteiger partial charge >= 0.3 is 0 Å². The molecule has 0 radical (unpaired) electrons. The van der Waals surface area contributed by atoms with Crippen molar-refractivity contribution in [2.75, 3.05) is 14.2 Å². The quantitative estimate of drug-likeness (QED) is 0.919. The molecule has 0 aliphatic heterocycles. The van der Waals surface area contributed by atoms with Gasteiger partial charge in [-0.25, -0.2) is 0 Å². The van der Waals surface area contributed by atoms with Crippen molar-refractivity contribution in [1.29, 1.82) is 0 Å². The third-order valence-corrected chi connectivity index (χ3v) is 3.58. The summed E-state index contributed by atoms with van der Waals surface area (Å²) in [6.07, 6.45) is 0. The minimum Gasteiger partial charge on any atom is -0.496 e. The van der Waals surface area contributed by atoms with Crippen molar-refractivity contribution in [3.63, 3.8) is 0 Å². The summed E-state index contributed by atoms with van der Waals surface area (Å²) in [5, 5.41) is 2.98. The van der Waals surface area contributed by atoms with E-state index in [1.54, 1.807) is 18.2 Å². The normalized spacial score (nSPS) is 11.6. The van der Waals surface area contributed by atoms with Crippen molar-refractivity contribution in [3.8, 4) is 11.5 Å². The molecular weight excluding hydrogens is 278 g/mol. The first kappa shape index (κ1) is 15.9. The standard InChI is InChI=1S/C18H21NO3/c1-12-8-10-14(11-9-12)13(2)19-18(20)17-15(21-3)6-5-7-16(17)22-4/h5-11,13H,1-4H3,(H,19,20)/t13-/m1/s1. The summed E-state index contributed by atoms with van der Waals surface area (Å²) in [6.45, 7) is 3.98. The van der Waals surface area contributed by atoms with Gasteiger partial charge in [0.05, 0.1) is 20.3 Å². The summed E-state index contributed by atoms with van der Waals surface area (Å²) in [5.41, 5.74) is 2.65. The highest BCUT2D eigenvalue weighted by Gasteiger charge is 2.20. The SMILES string of the molecule is COc1cccc(OC)c1C(=O)N[C@H](C)c1ccc(C)cc1. The number of methoxy groups -OCH3 is 2. The predicted molar refractivity (Wildman–Crippen MR) is 86.6 cm³/mol. The van der Waals surface area contributed by atoms with Crippen LogP contribution in [0.25, 0.3) is 0 Å². The molecule has 1 atom stereocenters. The van der Waals surface area contributed by atoms with E-state index < -0.39 is 0 Å². The summed E-state index contributed by atoms with van der Waals surface area (Å²) in [7, 11) is 3.07. The van der Waals surface area contributed by atoms with E-state index in [0.29, 0.717) is 17.1 Å². The van der Waals surface area contributed by atoms with Crippen LogP contribution in [-0.2, 0) is 0 Å². The molecule has 2 aromatic rings. The number of nitrogens with one attached hydrogen (secondary N) is 1. The Balaban J connectivity index is 2.23. The fourth-order valence-corrected chi connectivity index (χ4v) is 2.28. The van der Waals surface area contributed by atoms with Crippen molar-refractivity contribution < 1.29 is 14.3 Å². The van der Waals surface area contributed by atoms with Crippen LogP contribution in [0.1, 0.15) is 34.5 Å². The number of carbonyl (C=O) groups excluding carboxylic acids is 1. The Kier molecular flexibility index (Phi) is 5.04. The molecule has 4 heteroatoms. The van der Waals surface area contributed by atoms with Crippen molar-refractivity contribution in [1.82, 2.24) is 5.32 Å². The smallest absolute Gasteiger partial charge is 0.259 e. The van der Waals surface area contributed by atoms with Gasteiger partial charge in [-0.15, -0.1) is 0 Å². The number of rotatable bonds is 5. The van der Waals surface area contributed by atoms with Crippen molar-refractivity contribution in [2.24, 2.45) is 0 Å². The maximum Gasteiger partial charge on any atom is 0.259 e. The van der Waals surface area contributed by atoms with Crippen LogP contribution in [0.5, 0.6) is 11.5 Å². The fraction of sp³-hybridized carbons (Fsp3) is 0.278. The zero-order valence-corrected chi connectivity index (χ0v) is 13.3. The number of hydrogen-bond acceptors (Lipinski definition) is 3. The van der Waals surface area contributed by atoms with E-state index in [2.05, 4.69) is 5.32 Å². The zero-order valence-electron chi connectivity index (χ0n) is 13.3. The second-order valence-corrected chi connectivity index (χ2v) is 5.14. The van der Waals surface area contributed by atoms with Gasteiger partial charge in [0.2, 0.25) is 0 Å². The van der Waals surface area contributed by atoms with Gasteiger partial charge in [-0.1, -0.05) is 35.9 Å². The number of benzene rings is 2. The molecule has 0 saturated heterocycles. The summed E-state index contributed by atoms with van der Waals surface area (Å²) in [5.74, 6) is 0.767. The Morgan fingerprint density at radius 2 is 1.55 bits per heavy atom. The molecule has 0 fully saturated rings. The number of aryl methyl sites for hydroxylation is 1. The molecule has 2 aromatic carbocycles. The fourth-order valence-electron chi connectivity index (χ4n) is 2.28. The minimum absolute atomic E-state index is 0.109. The highest BCUT2D eigenvalue weighted by Crippen LogP contribution is 2.28. The first-order valence-electron chi connectivity index (χ1n) is 7.15. The molecule has 0 heterocycles. The number of hydrogen-bond donors (Lipinski definition) is 1. The maximum absolute atomic E-state index is 12.6. The average molecular weight is 299 g/mol. The molecule has 0 bridgehead atoms. The maximum atomic E-state index is 12.6. The van der Waals surface area contributed by atoms with Crippen LogP contribution in [0.2, 0.25) is 0 Å². The lowest BCUT2D eigenvalue weighted by Crippen LogP contribution is -2.27. The van der Waals surface area contributed by atoms with E-state index in [1.807, 2.05) is 38.1 Å². The van der Waals surface area contributed by atoms with Gasteiger partial charge in [-0.2, -0.15) is 0 Å². The van der Waals surface area contributed by atoms with Crippen molar-refractivity contribution in [3.05, 3.63) is 59.2 Å². The molecule has 0 spiro atoms. The van der Waals surface area contributed by atoms with Gasteiger partial charge in [-0.3, -0.25) is 4.79 Å². The highest BCUT2D eigenvalue weighted by molar-refractivity contribution is 5.99. The van der Waals surface area contributed by atoms with Crippen LogP contribution >= 0.6 is 0 Å². The summed E-state index contributed by atoms with van der Waals surface area (Å²) in [4.78, 5) is 12.6. The van der Waals surface area contributed by atoms with Crippen LogP contribution in [0.3, 0.4) is 0 Å². The molecule has 116 valence electrons. The van der Waals surface area contributed by atoms with Crippen molar-refractivity contribution >= 4 is 5.91 Å². The van der Waals surface area contributed by atoms with Gasteiger partial charge in [-0.05, 0) is 31.5 Å². The Labute approximate surface area is 131 Å². The van der Waals surface area contributed by atoms with E-state index in [-0.39, 0.29) is 11.9 Å². The van der Waals surface area contributed by atoms with Crippen LogP contribution < -0.4 is 14.8 Å². The predicted octanol–water partition coefficient (Wildman–Crippen LogP) is 3.50. The lowest BCUT2D eigenvalue weighted by Gasteiger charge is -2.17. The van der Waals surface area contributed by atoms with Crippen LogP contribution in [0.4, 0.5) is 0 Å². The lowest BCUT2D eigenvalue weighted by molar-refractivity contribution is 0.0933. The van der Waals surface area contributed by atoms with Crippen molar-refractivity contribution in [2.45, 2.75) is 19.9 Å². The Morgan fingerprint density at radius 1 is 1.00 bits per heavy atom. The van der Waals surface area contributed by atoms with E-state index >= 15 is 0 Å². The second kappa shape index (κ2) is 6.98. The minimum atomic E-state index is -0.220. The van der Waals surface area contributed by atoms with Crippen LogP contribution in [0, 0.1) is 6.92 Å². The summed E-state index contributed by atoms with van der Waals surface area (Å²) in [6, 6.07) is 13.3. The Bertz CT molecular complexity index is 628. The summed E-state index contributed by atoms with van der Waals surface area (Å²) >= 11 is 0. The van der Waals surface area contributed by atoms with Gasteiger partial charge in [0.1, 0.15) is 17.1 Å². The molecule has 2 rings (SSSR count). The molecule has 22 heavy (non-hydrogen) atoms. The highest BCUT2D eigenvalue weighted by atomic mass is 16.5. The number of amides is 1. The van der Waals surface area contributed by atoms with E-state index in [1.165, 1.54) is 19.8 Å². The van der Waals surface area contributed by atoms with Gasteiger partial charge in [0, 0.05) is 0 Å². The van der Waals surface area contributed by atoms with Crippen LogP contribution in [-0.4, -0.2) is 20.1 Å². The molecule has 0 saturated carbocycles. The van der Waals surface area contributed by atoms with Gasteiger partial charge in [0.15, 0.2) is 0 Å². The topological polar surface area (TPSA) is 47.6 Å². The molecule has 0 unspecified atom stereocenters. The lowest BCUT2D eigenvalue weighted by atomic mass is 10.1. The van der Waals surface area contributed by atoms with E-state index in [9.17, 15) is 4.79 Å². The Hall–Kier alpha value is -2.49. The van der Waals surface area contributed by atoms with E-state index in [4.69, 9.17) is 9.47 Å². The number of carbonyl (C=O) groups is 1. The van der Waals surface area contributed by atoms with Gasteiger partial charge in [0.25, 0.3) is 5.91 Å². The first-order chi connectivity index (χ1) is 10.6. The van der Waals surface area contributed by atoms with Crippen LogP contribution in [0.15, 0.2) is 42.5 Å². The second-order valence-electron chi connectivity index (χ2n) is 5.14. The molecule has 0 aromatic heterocycles. The summed E-state index contributed by atoms with van der Waals surface area (Å²) < 4.78 is 10.5. The zero-order chi connectivity index (χ0) is 16.1. The molecule has 0 aliphatic carbocycles. The largest absolute Gasteiger partial charge is 0.496 e.